The molecule has 0 aliphatic carbocycles. The van der Waals surface area contributed by atoms with Gasteiger partial charge >= 0.3 is 13.2 Å². The van der Waals surface area contributed by atoms with Crippen molar-refractivity contribution in [1.82, 2.24) is 15.0 Å². The Bertz CT molecular complexity index is 863. The molecule has 0 unspecified atom stereocenters. The minimum absolute atomic E-state index is 0.0332. The molecule has 3 aromatic rings. The molecule has 0 fully saturated rings. The number of ether oxygens (including phenoxy) is 2. The third-order valence-corrected chi connectivity index (χ3v) is 3.31. The second-order valence-electron chi connectivity index (χ2n) is 4.92. The molecule has 0 bridgehead atoms. The summed E-state index contributed by atoms with van der Waals surface area (Å²) in [5.74, 6) is -0.742. The van der Waals surface area contributed by atoms with Crippen molar-refractivity contribution in [3.8, 4) is 11.6 Å². The molecular weight excluding hydrogens is 342 g/mol. The van der Waals surface area contributed by atoms with Gasteiger partial charge in [0.05, 0.1) is 11.1 Å². The Labute approximate surface area is 139 Å². The van der Waals surface area contributed by atoms with Crippen LogP contribution in [-0.4, -0.2) is 28.2 Å². The minimum Gasteiger partial charge on any atom is -0.434 e. The number of nitrogens with zero attached hydrogens (tertiary/aromatic N) is 3. The number of rotatable bonds is 6. The number of alkyl halides is 4. The van der Waals surface area contributed by atoms with Gasteiger partial charge in [-0.15, -0.1) is 0 Å². The van der Waals surface area contributed by atoms with E-state index in [1.54, 1.807) is 12.1 Å². The molecule has 0 aliphatic heterocycles. The van der Waals surface area contributed by atoms with E-state index < -0.39 is 19.1 Å². The molecule has 130 valence electrons. The topological polar surface area (TPSA) is 57.1 Å². The Balaban J connectivity index is 2.20. The largest absolute Gasteiger partial charge is 0.434 e. The average molecular weight is 353 g/mol. The van der Waals surface area contributed by atoms with Gasteiger partial charge in [0, 0.05) is 24.2 Å². The lowest BCUT2D eigenvalue weighted by molar-refractivity contribution is -0.0567. The van der Waals surface area contributed by atoms with Gasteiger partial charge in [0.25, 0.3) is 0 Å². The van der Waals surface area contributed by atoms with Gasteiger partial charge in [-0.3, -0.25) is 0 Å². The second kappa shape index (κ2) is 7.29. The first kappa shape index (κ1) is 16.9. The van der Waals surface area contributed by atoms with Crippen LogP contribution in [0.5, 0.6) is 11.6 Å². The van der Waals surface area contributed by atoms with Crippen LogP contribution in [0.1, 0.15) is 11.1 Å². The molecule has 3 rings (SSSR count). The normalized spacial score (nSPS) is 11.3. The molecule has 25 heavy (non-hydrogen) atoms. The Morgan fingerprint density at radius 1 is 0.920 bits per heavy atom. The van der Waals surface area contributed by atoms with E-state index in [1.807, 2.05) is 0 Å². The SMILES string of the molecule is FC(F)Oc1nc2ccccc2c(OC(F)F)c1Cc1cncnc1. The third kappa shape index (κ3) is 3.93. The zero-order valence-corrected chi connectivity index (χ0v) is 12.6. The lowest BCUT2D eigenvalue weighted by Gasteiger charge is -2.17. The zero-order valence-electron chi connectivity index (χ0n) is 12.6. The van der Waals surface area contributed by atoms with E-state index in [0.29, 0.717) is 5.56 Å². The molecule has 9 heteroatoms. The van der Waals surface area contributed by atoms with Crippen molar-refractivity contribution in [3.05, 3.63) is 54.1 Å². The summed E-state index contributed by atoms with van der Waals surface area (Å²) in [6.07, 6.45) is 4.08. The number of pyridine rings is 1. The Morgan fingerprint density at radius 2 is 1.60 bits per heavy atom. The Hall–Kier alpha value is -2.97. The van der Waals surface area contributed by atoms with Crippen molar-refractivity contribution in [3.63, 3.8) is 0 Å². The van der Waals surface area contributed by atoms with E-state index in [0.717, 1.165) is 0 Å². The molecule has 2 aromatic heterocycles. The van der Waals surface area contributed by atoms with E-state index in [9.17, 15) is 17.6 Å². The van der Waals surface area contributed by atoms with Crippen LogP contribution in [0.25, 0.3) is 10.9 Å². The van der Waals surface area contributed by atoms with Crippen LogP contribution in [0, 0.1) is 0 Å². The molecule has 5 nitrogen and oxygen atoms in total. The summed E-state index contributed by atoms with van der Waals surface area (Å²) < 4.78 is 60.4. The monoisotopic (exact) mass is 353 g/mol. The van der Waals surface area contributed by atoms with Crippen molar-refractivity contribution >= 4 is 10.9 Å². The number of fused-ring (bicyclic) bond motifs is 1. The lowest BCUT2D eigenvalue weighted by atomic mass is 10.0. The van der Waals surface area contributed by atoms with Gasteiger partial charge in [0.1, 0.15) is 12.1 Å². The van der Waals surface area contributed by atoms with Gasteiger partial charge in [-0.25, -0.2) is 15.0 Å². The maximum Gasteiger partial charge on any atom is 0.388 e. The molecular formula is C16H11F4N3O2. The quantitative estimate of drug-likeness (QED) is 0.631. The van der Waals surface area contributed by atoms with Crippen LogP contribution in [0.15, 0.2) is 43.0 Å². The minimum atomic E-state index is -3.17. The number of halogens is 4. The third-order valence-electron chi connectivity index (χ3n) is 3.31. The average Bonchev–Trinajstić information content (AvgIpc) is 2.58. The molecule has 0 spiro atoms. The smallest absolute Gasteiger partial charge is 0.388 e. The van der Waals surface area contributed by atoms with Crippen LogP contribution in [-0.2, 0) is 6.42 Å². The van der Waals surface area contributed by atoms with Crippen molar-refractivity contribution in [2.75, 3.05) is 0 Å². The molecule has 0 N–H and O–H groups in total. The predicted octanol–water partition coefficient (Wildman–Crippen LogP) is 3.82. The van der Waals surface area contributed by atoms with Gasteiger partial charge < -0.3 is 9.47 Å². The summed E-state index contributed by atoms with van der Waals surface area (Å²) in [7, 11) is 0. The molecule has 0 saturated heterocycles. The highest BCUT2D eigenvalue weighted by Crippen LogP contribution is 2.37. The molecule has 0 saturated carbocycles. The highest BCUT2D eigenvalue weighted by molar-refractivity contribution is 5.87. The van der Waals surface area contributed by atoms with Crippen LogP contribution >= 0.6 is 0 Å². The summed E-state index contributed by atoms with van der Waals surface area (Å²) in [5.41, 5.74) is 0.661. The molecule has 1 aromatic carbocycles. The van der Waals surface area contributed by atoms with Gasteiger partial charge in [0.2, 0.25) is 5.88 Å². The van der Waals surface area contributed by atoms with Gasteiger partial charge in [-0.05, 0) is 17.7 Å². The van der Waals surface area contributed by atoms with E-state index in [-0.39, 0.29) is 28.6 Å². The molecule has 0 atom stereocenters. The second-order valence-corrected chi connectivity index (χ2v) is 4.92. The molecule has 0 aliphatic rings. The summed E-state index contributed by atoms with van der Waals surface area (Å²) in [6.45, 7) is -6.31. The number of hydrogen-bond donors (Lipinski definition) is 0. The van der Waals surface area contributed by atoms with Crippen LogP contribution in [0.2, 0.25) is 0 Å². The first-order valence-electron chi connectivity index (χ1n) is 7.09. The number of aromatic nitrogens is 3. The van der Waals surface area contributed by atoms with Crippen LogP contribution < -0.4 is 9.47 Å². The van der Waals surface area contributed by atoms with Crippen LogP contribution in [0.4, 0.5) is 17.6 Å². The molecule has 0 amide bonds. The fourth-order valence-electron chi connectivity index (χ4n) is 2.39. The van der Waals surface area contributed by atoms with E-state index in [2.05, 4.69) is 24.4 Å². The van der Waals surface area contributed by atoms with Gasteiger partial charge in [0.15, 0.2) is 0 Å². The van der Waals surface area contributed by atoms with Gasteiger partial charge in [-0.2, -0.15) is 17.6 Å². The van der Waals surface area contributed by atoms with E-state index in [1.165, 1.54) is 30.9 Å². The van der Waals surface area contributed by atoms with Gasteiger partial charge in [-0.1, -0.05) is 12.1 Å². The van der Waals surface area contributed by atoms with Crippen LogP contribution in [0.3, 0.4) is 0 Å². The highest BCUT2D eigenvalue weighted by atomic mass is 19.3. The zero-order chi connectivity index (χ0) is 17.8. The number of hydrogen-bond acceptors (Lipinski definition) is 5. The number of benzene rings is 1. The summed E-state index contributed by atoms with van der Waals surface area (Å²) in [5, 5.41) is 0.260. The fraction of sp³-hybridized carbons (Fsp3) is 0.188. The lowest BCUT2D eigenvalue weighted by Crippen LogP contribution is -2.11. The van der Waals surface area contributed by atoms with E-state index >= 15 is 0 Å². The highest BCUT2D eigenvalue weighted by Gasteiger charge is 2.22. The Kier molecular flexibility index (Phi) is 4.92. The van der Waals surface area contributed by atoms with E-state index in [4.69, 9.17) is 0 Å². The summed E-state index contributed by atoms with van der Waals surface area (Å²) in [4.78, 5) is 11.6. The molecule has 0 radical (unpaired) electrons. The van der Waals surface area contributed by atoms with Crippen molar-refractivity contribution in [1.29, 1.82) is 0 Å². The maximum atomic E-state index is 12.9. The summed E-state index contributed by atoms with van der Waals surface area (Å²) >= 11 is 0. The van der Waals surface area contributed by atoms with Crippen molar-refractivity contribution in [2.45, 2.75) is 19.6 Å². The molecule has 2 heterocycles. The first-order chi connectivity index (χ1) is 12.0. The van der Waals surface area contributed by atoms with Crippen molar-refractivity contribution in [2.24, 2.45) is 0 Å². The Morgan fingerprint density at radius 3 is 2.28 bits per heavy atom. The standard InChI is InChI=1S/C16H11F4N3O2/c17-15(18)24-13-10-3-1-2-4-12(10)23-14(25-16(19)20)11(13)5-9-6-21-8-22-7-9/h1-4,6-8,15-16H,5H2. The summed E-state index contributed by atoms with van der Waals surface area (Å²) in [6, 6.07) is 6.20. The predicted molar refractivity (Wildman–Crippen MR) is 79.8 cm³/mol. The number of para-hydroxylation sites is 1. The fourth-order valence-corrected chi connectivity index (χ4v) is 2.39. The first-order valence-corrected chi connectivity index (χ1v) is 7.09. The maximum absolute atomic E-state index is 12.9. The van der Waals surface area contributed by atoms with Crippen molar-refractivity contribution < 1.29 is 27.0 Å².